The second-order valence-electron chi connectivity index (χ2n) is 3.88. The first-order valence-corrected chi connectivity index (χ1v) is 5.12. The summed E-state index contributed by atoms with van der Waals surface area (Å²) in [6, 6.07) is 8.87. The van der Waals surface area contributed by atoms with Gasteiger partial charge in [0.15, 0.2) is 0 Å². The summed E-state index contributed by atoms with van der Waals surface area (Å²) < 4.78 is 5.13. The molecule has 2 heteroatoms. The van der Waals surface area contributed by atoms with Crippen molar-refractivity contribution in [3.05, 3.63) is 29.8 Å². The molecule has 0 spiro atoms. The van der Waals surface area contributed by atoms with Crippen LogP contribution < -0.4 is 10.1 Å². The van der Waals surface area contributed by atoms with Gasteiger partial charge in [-0.2, -0.15) is 0 Å². The Kier molecular flexibility index (Phi) is 3.96. The van der Waals surface area contributed by atoms with E-state index >= 15 is 0 Å². The van der Waals surface area contributed by atoms with Crippen LogP contribution in [-0.2, 0) is 0 Å². The third-order valence-electron chi connectivity index (χ3n) is 2.58. The SMILES string of the molecule is C[NH2+][C@@H](c1ccc(OC)cc1)C(C)C. The molecule has 2 N–H and O–H groups in total. The summed E-state index contributed by atoms with van der Waals surface area (Å²) in [6.07, 6.45) is 0. The van der Waals surface area contributed by atoms with Crippen molar-refractivity contribution in [1.29, 1.82) is 0 Å². The topological polar surface area (TPSA) is 25.8 Å². The van der Waals surface area contributed by atoms with Crippen LogP contribution in [0.4, 0.5) is 0 Å². The van der Waals surface area contributed by atoms with E-state index in [0.29, 0.717) is 12.0 Å². The molecular formula is C12H20NO+. The lowest BCUT2D eigenvalue weighted by molar-refractivity contribution is -0.676. The highest BCUT2D eigenvalue weighted by Gasteiger charge is 2.16. The standard InChI is InChI=1S/C12H19NO/c1-9(2)12(13-3)10-5-7-11(14-4)8-6-10/h5-9,12-13H,1-4H3/p+1/t12-/m1/s1. The van der Waals surface area contributed by atoms with E-state index in [2.05, 4.69) is 38.3 Å². The molecule has 2 nitrogen and oxygen atoms in total. The van der Waals surface area contributed by atoms with Gasteiger partial charge >= 0.3 is 0 Å². The molecule has 0 aromatic heterocycles. The van der Waals surface area contributed by atoms with E-state index in [1.54, 1.807) is 7.11 Å². The van der Waals surface area contributed by atoms with Crippen LogP contribution in [0.1, 0.15) is 25.5 Å². The monoisotopic (exact) mass is 194 g/mol. The minimum absolute atomic E-state index is 0.543. The molecule has 0 fully saturated rings. The molecule has 14 heavy (non-hydrogen) atoms. The van der Waals surface area contributed by atoms with Gasteiger partial charge in [-0.05, 0) is 24.3 Å². The third-order valence-corrected chi connectivity index (χ3v) is 2.58. The number of benzene rings is 1. The van der Waals surface area contributed by atoms with E-state index in [1.807, 2.05) is 12.1 Å². The Morgan fingerprint density at radius 1 is 1.14 bits per heavy atom. The summed E-state index contributed by atoms with van der Waals surface area (Å²) in [5.41, 5.74) is 1.36. The van der Waals surface area contributed by atoms with Gasteiger partial charge in [-0.1, -0.05) is 13.8 Å². The van der Waals surface area contributed by atoms with E-state index in [9.17, 15) is 0 Å². The predicted octanol–water partition coefficient (Wildman–Crippen LogP) is 1.59. The molecule has 0 aliphatic rings. The molecule has 0 bridgehead atoms. The highest BCUT2D eigenvalue weighted by molar-refractivity contribution is 5.28. The maximum Gasteiger partial charge on any atom is 0.118 e. The van der Waals surface area contributed by atoms with Crippen LogP contribution in [0.3, 0.4) is 0 Å². The predicted molar refractivity (Wildman–Crippen MR) is 58.4 cm³/mol. The maximum atomic E-state index is 5.13. The van der Waals surface area contributed by atoms with Gasteiger partial charge in [0.05, 0.1) is 14.2 Å². The minimum Gasteiger partial charge on any atom is -0.497 e. The summed E-state index contributed by atoms with van der Waals surface area (Å²) >= 11 is 0. The van der Waals surface area contributed by atoms with Crippen LogP contribution in [-0.4, -0.2) is 14.2 Å². The lowest BCUT2D eigenvalue weighted by Crippen LogP contribution is -2.82. The molecule has 0 aliphatic carbocycles. The largest absolute Gasteiger partial charge is 0.497 e. The van der Waals surface area contributed by atoms with Crippen molar-refractivity contribution < 1.29 is 10.1 Å². The van der Waals surface area contributed by atoms with E-state index in [1.165, 1.54) is 5.56 Å². The molecular weight excluding hydrogens is 174 g/mol. The lowest BCUT2D eigenvalue weighted by atomic mass is 9.96. The number of hydrogen-bond donors (Lipinski definition) is 1. The van der Waals surface area contributed by atoms with Crippen LogP contribution in [0.15, 0.2) is 24.3 Å². The van der Waals surface area contributed by atoms with Gasteiger partial charge in [-0.15, -0.1) is 0 Å². The average Bonchev–Trinajstić information content (AvgIpc) is 2.19. The fraction of sp³-hybridized carbons (Fsp3) is 0.500. The van der Waals surface area contributed by atoms with Gasteiger partial charge in [0, 0.05) is 11.5 Å². The van der Waals surface area contributed by atoms with Gasteiger partial charge < -0.3 is 10.1 Å². The van der Waals surface area contributed by atoms with Gasteiger partial charge in [0.2, 0.25) is 0 Å². The van der Waals surface area contributed by atoms with E-state index in [-0.39, 0.29) is 0 Å². The first kappa shape index (κ1) is 11.1. The Bertz CT molecular complexity index is 266. The van der Waals surface area contributed by atoms with Crippen molar-refractivity contribution in [3.8, 4) is 5.75 Å². The zero-order valence-corrected chi connectivity index (χ0v) is 9.45. The number of quaternary nitrogens is 1. The molecule has 1 atom stereocenters. The van der Waals surface area contributed by atoms with Gasteiger partial charge in [-0.25, -0.2) is 0 Å². The average molecular weight is 194 g/mol. The zero-order valence-electron chi connectivity index (χ0n) is 9.45. The van der Waals surface area contributed by atoms with E-state index in [0.717, 1.165) is 5.75 Å². The molecule has 0 amide bonds. The lowest BCUT2D eigenvalue weighted by Gasteiger charge is -2.17. The number of rotatable bonds is 4. The molecule has 0 aliphatic heterocycles. The van der Waals surface area contributed by atoms with Crippen molar-refractivity contribution in [1.82, 2.24) is 0 Å². The van der Waals surface area contributed by atoms with Gasteiger partial charge in [0.1, 0.15) is 11.8 Å². The second-order valence-corrected chi connectivity index (χ2v) is 3.88. The molecule has 1 aromatic carbocycles. The van der Waals surface area contributed by atoms with E-state index < -0.39 is 0 Å². The molecule has 1 rings (SSSR count). The fourth-order valence-corrected chi connectivity index (χ4v) is 1.79. The molecule has 0 saturated heterocycles. The van der Waals surface area contributed by atoms with Crippen molar-refractivity contribution in [2.75, 3.05) is 14.2 Å². The Hall–Kier alpha value is -1.02. The molecule has 0 radical (unpaired) electrons. The Labute approximate surface area is 86.3 Å². The molecule has 0 saturated carbocycles. The van der Waals surface area contributed by atoms with Gasteiger partial charge in [-0.3, -0.25) is 0 Å². The fourth-order valence-electron chi connectivity index (χ4n) is 1.79. The van der Waals surface area contributed by atoms with Crippen LogP contribution in [0.25, 0.3) is 0 Å². The summed E-state index contributed by atoms with van der Waals surface area (Å²) in [5, 5.41) is 2.26. The zero-order chi connectivity index (χ0) is 10.6. The summed E-state index contributed by atoms with van der Waals surface area (Å²) in [5.74, 6) is 1.57. The number of methoxy groups -OCH3 is 1. The first-order chi connectivity index (χ1) is 6.69. The number of hydrogen-bond acceptors (Lipinski definition) is 1. The first-order valence-electron chi connectivity index (χ1n) is 5.12. The Balaban J connectivity index is 2.84. The van der Waals surface area contributed by atoms with Crippen LogP contribution in [0, 0.1) is 5.92 Å². The summed E-state index contributed by atoms with van der Waals surface area (Å²) in [7, 11) is 3.82. The Morgan fingerprint density at radius 2 is 1.71 bits per heavy atom. The Morgan fingerprint density at radius 3 is 2.07 bits per heavy atom. The molecule has 0 heterocycles. The van der Waals surface area contributed by atoms with Crippen molar-refractivity contribution in [2.24, 2.45) is 5.92 Å². The van der Waals surface area contributed by atoms with Crippen LogP contribution >= 0.6 is 0 Å². The van der Waals surface area contributed by atoms with Gasteiger partial charge in [0.25, 0.3) is 0 Å². The van der Waals surface area contributed by atoms with E-state index in [4.69, 9.17) is 4.74 Å². The summed E-state index contributed by atoms with van der Waals surface area (Å²) in [4.78, 5) is 0. The molecule has 0 unspecified atom stereocenters. The summed E-state index contributed by atoms with van der Waals surface area (Å²) in [6.45, 7) is 4.49. The highest BCUT2D eigenvalue weighted by Crippen LogP contribution is 2.20. The molecule has 78 valence electrons. The van der Waals surface area contributed by atoms with Crippen molar-refractivity contribution in [3.63, 3.8) is 0 Å². The smallest absolute Gasteiger partial charge is 0.118 e. The second kappa shape index (κ2) is 5.01. The van der Waals surface area contributed by atoms with Crippen LogP contribution in [0.5, 0.6) is 5.75 Å². The number of nitrogens with two attached hydrogens (primary N) is 1. The molecule has 1 aromatic rings. The quantitative estimate of drug-likeness (QED) is 0.774. The minimum atomic E-state index is 0.543. The number of ether oxygens (including phenoxy) is 1. The third kappa shape index (κ3) is 2.48. The van der Waals surface area contributed by atoms with Crippen molar-refractivity contribution in [2.45, 2.75) is 19.9 Å². The van der Waals surface area contributed by atoms with Crippen LogP contribution in [0.2, 0.25) is 0 Å². The normalized spacial score (nSPS) is 12.9. The highest BCUT2D eigenvalue weighted by atomic mass is 16.5. The maximum absolute atomic E-state index is 5.13. The van der Waals surface area contributed by atoms with Crippen molar-refractivity contribution >= 4 is 0 Å².